The average molecular weight is 268 g/mol. The number of aliphatic carboxylic acids is 1. The van der Waals surface area contributed by atoms with E-state index in [9.17, 15) is 9.59 Å². The molecule has 0 aromatic heterocycles. The molecule has 108 valence electrons. The number of carbonyl (C=O) groups is 2. The normalized spacial score (nSPS) is 32.5. The third-order valence-corrected chi connectivity index (χ3v) is 4.47. The van der Waals surface area contributed by atoms with Crippen LogP contribution in [0.2, 0.25) is 0 Å². The lowest BCUT2D eigenvalue weighted by atomic mass is 9.97. The monoisotopic (exact) mass is 268 g/mol. The highest BCUT2D eigenvalue weighted by Gasteiger charge is 2.35. The van der Waals surface area contributed by atoms with E-state index in [0.29, 0.717) is 6.42 Å². The molecule has 0 radical (unpaired) electrons. The molecule has 0 aliphatic carbocycles. The number of hydrogen-bond acceptors (Lipinski definition) is 3. The van der Waals surface area contributed by atoms with Crippen molar-refractivity contribution in [2.45, 2.75) is 64.1 Å². The Kier molecular flexibility index (Phi) is 4.45. The summed E-state index contributed by atoms with van der Waals surface area (Å²) in [6, 6.07) is 0.0867. The Bertz CT molecular complexity index is 349. The van der Waals surface area contributed by atoms with Gasteiger partial charge in [-0.1, -0.05) is 0 Å². The fraction of sp³-hybridized carbons (Fsp3) is 0.857. The minimum Gasteiger partial charge on any atom is -0.480 e. The third-order valence-electron chi connectivity index (χ3n) is 4.47. The third kappa shape index (κ3) is 3.08. The summed E-state index contributed by atoms with van der Waals surface area (Å²) in [7, 11) is 0. The van der Waals surface area contributed by atoms with Gasteiger partial charge in [-0.15, -0.1) is 0 Å². The number of hydrogen-bond donors (Lipinski definition) is 1. The Labute approximate surface area is 114 Å². The summed E-state index contributed by atoms with van der Waals surface area (Å²) in [5.74, 6) is -0.710. The fourth-order valence-corrected chi connectivity index (χ4v) is 3.46. The Balaban J connectivity index is 1.98. The highest BCUT2D eigenvalue weighted by molar-refractivity contribution is 5.81. The van der Waals surface area contributed by atoms with E-state index in [2.05, 4.69) is 13.8 Å². The molecule has 0 aromatic carbocycles. The molecule has 0 saturated carbocycles. The van der Waals surface area contributed by atoms with E-state index in [1.54, 1.807) is 0 Å². The first-order valence-corrected chi connectivity index (χ1v) is 7.28. The molecule has 3 unspecified atom stereocenters. The van der Waals surface area contributed by atoms with Crippen LogP contribution in [0.15, 0.2) is 0 Å². The molecular formula is C14H24N2O3. The Morgan fingerprint density at radius 3 is 2.32 bits per heavy atom. The first-order valence-electron chi connectivity index (χ1n) is 7.28. The number of carboxylic acid groups (broad SMARTS) is 1. The number of rotatable bonds is 3. The van der Waals surface area contributed by atoms with Gasteiger partial charge in [-0.2, -0.15) is 0 Å². The van der Waals surface area contributed by atoms with Crippen molar-refractivity contribution < 1.29 is 14.7 Å². The van der Waals surface area contributed by atoms with Crippen molar-refractivity contribution in [3.8, 4) is 0 Å². The van der Waals surface area contributed by atoms with Gasteiger partial charge >= 0.3 is 5.97 Å². The molecule has 0 bridgehead atoms. The molecular weight excluding hydrogens is 244 g/mol. The smallest absolute Gasteiger partial charge is 0.320 e. The van der Waals surface area contributed by atoms with E-state index < -0.39 is 12.0 Å². The standard InChI is InChI=1S/C14H24N2O3/c1-10-5-3-6-11(2)16(10)13(17)9-15-8-4-7-12(15)14(18)19/h10-12H,3-9H2,1-2H3,(H,18,19). The summed E-state index contributed by atoms with van der Waals surface area (Å²) >= 11 is 0. The van der Waals surface area contributed by atoms with Crippen LogP contribution in [-0.4, -0.2) is 58.0 Å². The number of amides is 1. The van der Waals surface area contributed by atoms with Crippen LogP contribution in [0.1, 0.15) is 46.0 Å². The number of carboxylic acids is 1. The van der Waals surface area contributed by atoms with Gasteiger partial charge in [-0.25, -0.2) is 0 Å². The maximum Gasteiger partial charge on any atom is 0.320 e. The van der Waals surface area contributed by atoms with Gasteiger partial charge in [0.2, 0.25) is 5.91 Å². The second-order valence-electron chi connectivity index (χ2n) is 5.90. The van der Waals surface area contributed by atoms with Crippen LogP contribution < -0.4 is 0 Å². The number of carbonyl (C=O) groups excluding carboxylic acids is 1. The van der Waals surface area contributed by atoms with Crippen LogP contribution in [0.3, 0.4) is 0 Å². The molecule has 1 N–H and O–H groups in total. The summed E-state index contributed by atoms with van der Waals surface area (Å²) in [4.78, 5) is 27.3. The van der Waals surface area contributed by atoms with E-state index in [1.807, 2.05) is 9.80 Å². The van der Waals surface area contributed by atoms with Gasteiger partial charge in [0.05, 0.1) is 6.54 Å². The Morgan fingerprint density at radius 2 is 1.74 bits per heavy atom. The molecule has 2 rings (SSSR count). The predicted octanol–water partition coefficient (Wildman–Crippen LogP) is 1.32. The van der Waals surface area contributed by atoms with Crippen LogP contribution in [0, 0.1) is 0 Å². The van der Waals surface area contributed by atoms with Crippen LogP contribution in [-0.2, 0) is 9.59 Å². The zero-order valence-electron chi connectivity index (χ0n) is 11.8. The maximum absolute atomic E-state index is 12.4. The number of likely N-dealkylation sites (tertiary alicyclic amines) is 2. The SMILES string of the molecule is CC1CCCC(C)N1C(=O)CN1CCCC1C(=O)O. The van der Waals surface area contributed by atoms with Crippen molar-refractivity contribution in [1.82, 2.24) is 9.80 Å². The van der Waals surface area contributed by atoms with Gasteiger partial charge in [-0.3, -0.25) is 14.5 Å². The zero-order valence-corrected chi connectivity index (χ0v) is 11.8. The van der Waals surface area contributed by atoms with Crippen molar-refractivity contribution in [2.24, 2.45) is 0 Å². The average Bonchev–Trinajstić information content (AvgIpc) is 2.76. The van der Waals surface area contributed by atoms with Crippen molar-refractivity contribution in [1.29, 1.82) is 0 Å². The highest BCUT2D eigenvalue weighted by atomic mass is 16.4. The summed E-state index contributed by atoms with van der Waals surface area (Å²) in [6.45, 7) is 5.16. The van der Waals surface area contributed by atoms with E-state index in [4.69, 9.17) is 5.11 Å². The summed E-state index contributed by atoms with van der Waals surface area (Å²) in [5, 5.41) is 9.14. The maximum atomic E-state index is 12.4. The minimum atomic E-state index is -0.801. The van der Waals surface area contributed by atoms with Gasteiger partial charge in [0.15, 0.2) is 0 Å². The van der Waals surface area contributed by atoms with Crippen LogP contribution in [0.4, 0.5) is 0 Å². The van der Waals surface area contributed by atoms with Crippen LogP contribution in [0.25, 0.3) is 0 Å². The lowest BCUT2D eigenvalue weighted by Crippen LogP contribution is -2.52. The largest absolute Gasteiger partial charge is 0.480 e. The summed E-state index contributed by atoms with van der Waals surface area (Å²) < 4.78 is 0. The first kappa shape index (κ1) is 14.3. The molecule has 2 aliphatic rings. The van der Waals surface area contributed by atoms with Gasteiger partial charge in [0.25, 0.3) is 0 Å². The molecule has 3 atom stereocenters. The van der Waals surface area contributed by atoms with Gasteiger partial charge < -0.3 is 10.0 Å². The predicted molar refractivity (Wildman–Crippen MR) is 71.9 cm³/mol. The molecule has 2 saturated heterocycles. The zero-order chi connectivity index (χ0) is 14.0. The summed E-state index contributed by atoms with van der Waals surface area (Å²) in [6.07, 6.45) is 4.81. The van der Waals surface area contributed by atoms with Gasteiger partial charge in [-0.05, 0) is 52.5 Å². The lowest BCUT2D eigenvalue weighted by molar-refractivity contribution is -0.144. The molecule has 2 fully saturated rings. The second-order valence-corrected chi connectivity index (χ2v) is 5.90. The Hall–Kier alpha value is -1.10. The molecule has 2 aliphatic heterocycles. The summed E-state index contributed by atoms with van der Waals surface area (Å²) in [5.41, 5.74) is 0. The lowest BCUT2D eigenvalue weighted by Gasteiger charge is -2.40. The molecule has 5 heteroatoms. The molecule has 5 nitrogen and oxygen atoms in total. The molecule has 1 amide bonds. The minimum absolute atomic E-state index is 0.0906. The van der Waals surface area contributed by atoms with Crippen LogP contribution >= 0.6 is 0 Å². The molecule has 0 aromatic rings. The number of nitrogens with zero attached hydrogens (tertiary/aromatic N) is 2. The van der Waals surface area contributed by atoms with E-state index in [0.717, 1.165) is 25.8 Å². The van der Waals surface area contributed by atoms with Crippen molar-refractivity contribution in [3.63, 3.8) is 0 Å². The topological polar surface area (TPSA) is 60.9 Å². The van der Waals surface area contributed by atoms with E-state index >= 15 is 0 Å². The number of piperidine rings is 1. The quantitative estimate of drug-likeness (QED) is 0.838. The Morgan fingerprint density at radius 1 is 1.11 bits per heavy atom. The van der Waals surface area contributed by atoms with Crippen molar-refractivity contribution in [3.05, 3.63) is 0 Å². The van der Waals surface area contributed by atoms with E-state index in [1.165, 1.54) is 6.42 Å². The van der Waals surface area contributed by atoms with Crippen molar-refractivity contribution in [2.75, 3.05) is 13.1 Å². The highest BCUT2D eigenvalue weighted by Crippen LogP contribution is 2.24. The molecule has 19 heavy (non-hydrogen) atoms. The second kappa shape index (κ2) is 5.90. The van der Waals surface area contributed by atoms with Gasteiger partial charge in [0, 0.05) is 12.1 Å². The van der Waals surface area contributed by atoms with Crippen LogP contribution in [0.5, 0.6) is 0 Å². The van der Waals surface area contributed by atoms with E-state index in [-0.39, 0.29) is 24.5 Å². The first-order chi connectivity index (χ1) is 9.00. The molecule has 2 heterocycles. The van der Waals surface area contributed by atoms with Crippen molar-refractivity contribution >= 4 is 11.9 Å². The molecule has 0 spiro atoms. The van der Waals surface area contributed by atoms with Gasteiger partial charge in [0.1, 0.15) is 6.04 Å². The fourth-order valence-electron chi connectivity index (χ4n) is 3.46.